The maximum absolute atomic E-state index is 13.6. The van der Waals surface area contributed by atoms with Crippen molar-refractivity contribution >= 4 is 35.5 Å². The molecule has 0 spiro atoms. The van der Waals surface area contributed by atoms with Crippen molar-refractivity contribution in [1.82, 2.24) is 5.01 Å². The van der Waals surface area contributed by atoms with E-state index in [0.717, 1.165) is 17.0 Å². The van der Waals surface area contributed by atoms with E-state index in [4.69, 9.17) is 4.74 Å². The van der Waals surface area contributed by atoms with Crippen LogP contribution in [0.3, 0.4) is 0 Å². The second-order valence-electron chi connectivity index (χ2n) is 7.91. The third-order valence-corrected chi connectivity index (χ3v) is 6.24. The van der Waals surface area contributed by atoms with Crippen LogP contribution >= 0.6 is 0 Å². The van der Waals surface area contributed by atoms with Crippen LogP contribution in [0, 0.1) is 17.7 Å². The van der Waals surface area contributed by atoms with Gasteiger partial charge in [-0.2, -0.15) is 5.10 Å². The molecular weight excluding hydrogens is 429 g/mol. The lowest BCUT2D eigenvalue weighted by molar-refractivity contribution is -0.123. The summed E-state index contributed by atoms with van der Waals surface area (Å²) < 4.78 is 18.2. The third-order valence-electron chi connectivity index (χ3n) is 6.24. The van der Waals surface area contributed by atoms with E-state index in [1.807, 2.05) is 0 Å². The number of Topliss-reactive ketones (excluding diaryl/α,β-unsaturated/α-hetero) is 1. The number of ketones is 1. The van der Waals surface area contributed by atoms with Crippen LogP contribution in [-0.4, -0.2) is 54.0 Å². The van der Waals surface area contributed by atoms with Crippen molar-refractivity contribution in [2.45, 2.75) is 12.1 Å². The van der Waals surface area contributed by atoms with E-state index in [-0.39, 0.29) is 16.8 Å². The lowest BCUT2D eigenvalue weighted by Crippen LogP contribution is -2.46. The van der Waals surface area contributed by atoms with Crippen LogP contribution in [0.5, 0.6) is 0 Å². The molecule has 2 saturated heterocycles. The Kier molecular flexibility index (Phi) is 4.88. The summed E-state index contributed by atoms with van der Waals surface area (Å²) in [6.07, 6.45) is 4.87. The van der Waals surface area contributed by atoms with E-state index >= 15 is 0 Å². The minimum Gasteiger partial charge on any atom is -0.465 e. The number of methoxy groups -OCH3 is 1. The Labute approximate surface area is 187 Å². The number of para-hydroxylation sites is 1. The molecule has 9 heteroatoms. The number of esters is 1. The van der Waals surface area contributed by atoms with Crippen molar-refractivity contribution in [3.8, 4) is 0 Å². The standard InChI is InChI=1S/C24H18FN3O5/c1-33-24(32)15-5-2-3-6-16(15)27-22(30)18-17-7-4-12-26-28(17)20(19(18)23(27)31)21(29)13-8-10-14(25)11-9-13/h2-12,17-20H,1H3/t17-,18-,19-,20+/m0/s1. The highest BCUT2D eigenvalue weighted by Gasteiger charge is 2.64. The highest BCUT2D eigenvalue weighted by atomic mass is 19.1. The van der Waals surface area contributed by atoms with Gasteiger partial charge in [0.25, 0.3) is 0 Å². The van der Waals surface area contributed by atoms with E-state index in [1.165, 1.54) is 42.6 Å². The van der Waals surface area contributed by atoms with Crippen LogP contribution in [0.4, 0.5) is 10.1 Å². The molecule has 2 aromatic rings. The van der Waals surface area contributed by atoms with Gasteiger partial charge in [0.2, 0.25) is 11.8 Å². The zero-order chi connectivity index (χ0) is 23.3. The molecule has 4 atom stereocenters. The number of amides is 2. The number of fused-ring (bicyclic) bond motifs is 3. The fraction of sp³-hybridized carbons (Fsp3) is 0.208. The Balaban J connectivity index is 1.59. The lowest BCUT2D eigenvalue weighted by Gasteiger charge is -2.30. The summed E-state index contributed by atoms with van der Waals surface area (Å²) in [5.41, 5.74) is 0.382. The normalized spacial score (nSPS) is 25.3. The Hall–Kier alpha value is -4.14. The van der Waals surface area contributed by atoms with Crippen molar-refractivity contribution in [3.63, 3.8) is 0 Å². The van der Waals surface area contributed by atoms with Gasteiger partial charge >= 0.3 is 5.97 Å². The molecule has 3 aliphatic rings. The average molecular weight is 447 g/mol. The minimum absolute atomic E-state index is 0.0668. The van der Waals surface area contributed by atoms with E-state index in [1.54, 1.807) is 24.3 Å². The first kappa shape index (κ1) is 20.7. The molecule has 2 fully saturated rings. The summed E-state index contributed by atoms with van der Waals surface area (Å²) in [6, 6.07) is 9.51. The fourth-order valence-corrected chi connectivity index (χ4v) is 4.81. The van der Waals surface area contributed by atoms with Gasteiger partial charge in [-0.25, -0.2) is 14.1 Å². The van der Waals surface area contributed by atoms with Gasteiger partial charge in [-0.15, -0.1) is 0 Å². The summed E-state index contributed by atoms with van der Waals surface area (Å²) >= 11 is 0. The molecule has 3 aliphatic heterocycles. The number of hydrazone groups is 1. The molecule has 2 aromatic carbocycles. The maximum Gasteiger partial charge on any atom is 0.339 e. The summed E-state index contributed by atoms with van der Waals surface area (Å²) in [4.78, 5) is 53.9. The van der Waals surface area contributed by atoms with Gasteiger partial charge in [0.1, 0.15) is 11.9 Å². The molecule has 33 heavy (non-hydrogen) atoms. The number of hydrogen-bond donors (Lipinski definition) is 0. The Morgan fingerprint density at radius 1 is 1.00 bits per heavy atom. The predicted molar refractivity (Wildman–Crippen MR) is 115 cm³/mol. The van der Waals surface area contributed by atoms with Crippen LogP contribution in [-0.2, 0) is 14.3 Å². The smallest absolute Gasteiger partial charge is 0.339 e. The number of anilines is 1. The van der Waals surface area contributed by atoms with Gasteiger partial charge in [0.05, 0.1) is 36.2 Å². The summed E-state index contributed by atoms with van der Waals surface area (Å²) in [6.45, 7) is 0. The van der Waals surface area contributed by atoms with Crippen molar-refractivity contribution < 1.29 is 28.3 Å². The SMILES string of the molecule is COC(=O)c1ccccc1N1C(=O)[C@@H]2[C@H](C1=O)[C@H](C(=O)c1ccc(F)cc1)N1N=CC=C[C@@H]21. The molecule has 0 bridgehead atoms. The molecule has 0 aromatic heterocycles. The van der Waals surface area contributed by atoms with Crippen LogP contribution in [0.1, 0.15) is 20.7 Å². The Morgan fingerprint density at radius 2 is 1.70 bits per heavy atom. The lowest BCUT2D eigenvalue weighted by atomic mass is 9.86. The molecule has 2 amide bonds. The van der Waals surface area contributed by atoms with Gasteiger partial charge < -0.3 is 4.74 Å². The van der Waals surface area contributed by atoms with Crippen molar-refractivity contribution in [2.24, 2.45) is 16.9 Å². The fourth-order valence-electron chi connectivity index (χ4n) is 4.81. The van der Waals surface area contributed by atoms with Gasteiger partial charge in [0, 0.05) is 11.8 Å². The number of halogens is 1. The van der Waals surface area contributed by atoms with Gasteiger partial charge in [-0.1, -0.05) is 18.2 Å². The quantitative estimate of drug-likeness (QED) is 0.405. The maximum atomic E-state index is 13.6. The molecular formula is C24H18FN3O5. The van der Waals surface area contributed by atoms with Crippen molar-refractivity contribution in [1.29, 1.82) is 0 Å². The topological polar surface area (TPSA) is 96.3 Å². The van der Waals surface area contributed by atoms with Crippen LogP contribution in [0.25, 0.3) is 0 Å². The summed E-state index contributed by atoms with van der Waals surface area (Å²) in [5.74, 6) is -4.63. The molecule has 3 heterocycles. The third kappa shape index (κ3) is 3.07. The second-order valence-corrected chi connectivity index (χ2v) is 7.91. The monoisotopic (exact) mass is 447 g/mol. The number of allylic oxidation sites excluding steroid dienone is 1. The first-order valence-electron chi connectivity index (χ1n) is 10.3. The highest BCUT2D eigenvalue weighted by Crippen LogP contribution is 2.46. The number of imide groups is 1. The van der Waals surface area contributed by atoms with E-state index in [9.17, 15) is 23.6 Å². The molecule has 0 aliphatic carbocycles. The molecule has 0 radical (unpaired) electrons. The second kappa shape index (κ2) is 7.77. The number of rotatable bonds is 4. The zero-order valence-corrected chi connectivity index (χ0v) is 17.4. The predicted octanol–water partition coefficient (Wildman–Crippen LogP) is 2.21. The van der Waals surface area contributed by atoms with E-state index in [0.29, 0.717) is 0 Å². The highest BCUT2D eigenvalue weighted by molar-refractivity contribution is 6.26. The average Bonchev–Trinajstić information content (AvgIpc) is 3.31. The van der Waals surface area contributed by atoms with E-state index < -0.39 is 53.3 Å². The summed E-state index contributed by atoms with van der Waals surface area (Å²) in [5, 5.41) is 5.75. The van der Waals surface area contributed by atoms with Gasteiger partial charge in [0.15, 0.2) is 5.78 Å². The van der Waals surface area contributed by atoms with E-state index in [2.05, 4.69) is 5.10 Å². The van der Waals surface area contributed by atoms with Crippen molar-refractivity contribution in [2.75, 3.05) is 12.0 Å². The first-order valence-corrected chi connectivity index (χ1v) is 10.3. The molecule has 5 rings (SSSR count). The number of carbonyl (C=O) groups excluding carboxylic acids is 4. The molecule has 0 unspecified atom stereocenters. The van der Waals surface area contributed by atoms with Crippen LogP contribution in [0.15, 0.2) is 65.8 Å². The summed E-state index contributed by atoms with van der Waals surface area (Å²) in [7, 11) is 1.21. The number of carbonyl (C=O) groups is 4. The number of ether oxygens (including phenoxy) is 1. The first-order chi connectivity index (χ1) is 15.9. The Morgan fingerprint density at radius 3 is 2.42 bits per heavy atom. The number of nitrogens with zero attached hydrogens (tertiary/aromatic N) is 3. The van der Waals surface area contributed by atoms with Gasteiger partial charge in [-0.3, -0.25) is 19.4 Å². The van der Waals surface area contributed by atoms with Crippen molar-refractivity contribution in [3.05, 3.63) is 77.6 Å². The Bertz CT molecular complexity index is 1240. The number of benzene rings is 2. The van der Waals surface area contributed by atoms with Gasteiger partial charge in [-0.05, 0) is 42.5 Å². The molecule has 8 nitrogen and oxygen atoms in total. The minimum atomic E-state index is -1.06. The van der Waals surface area contributed by atoms with Crippen LogP contribution in [0.2, 0.25) is 0 Å². The molecule has 0 N–H and O–H groups in total. The largest absolute Gasteiger partial charge is 0.465 e. The van der Waals surface area contributed by atoms with Crippen LogP contribution < -0.4 is 4.90 Å². The molecule has 0 saturated carbocycles. The molecule has 166 valence electrons. The zero-order valence-electron chi connectivity index (χ0n) is 17.4. The number of hydrogen-bond acceptors (Lipinski definition) is 7.